The molecule has 8 heteroatoms. The van der Waals surface area contributed by atoms with Gasteiger partial charge in [-0.05, 0) is 56.0 Å². The molecule has 2 aromatic rings. The summed E-state index contributed by atoms with van der Waals surface area (Å²) in [5.74, 6) is 1.47. The van der Waals surface area contributed by atoms with Crippen LogP contribution >= 0.6 is 15.9 Å². The van der Waals surface area contributed by atoms with E-state index < -0.39 is 9.84 Å². The van der Waals surface area contributed by atoms with E-state index in [9.17, 15) is 13.2 Å². The highest BCUT2D eigenvalue weighted by Gasteiger charge is 2.35. The molecule has 1 aromatic carbocycles. The number of furan rings is 1. The fourth-order valence-electron chi connectivity index (χ4n) is 4.05. The Balaban J connectivity index is 1.56. The molecule has 0 saturated carbocycles. The summed E-state index contributed by atoms with van der Waals surface area (Å²) in [6, 6.07) is 10.7. The first-order valence-corrected chi connectivity index (χ1v) is 12.6. The molecule has 2 aliphatic rings. The fourth-order valence-corrected chi connectivity index (χ4v) is 6.04. The molecular formula is C21H25BrN2O4S. The molecule has 1 amide bonds. The molecule has 0 aliphatic carbocycles. The summed E-state index contributed by atoms with van der Waals surface area (Å²) in [6.07, 6.45) is 4.02. The lowest BCUT2D eigenvalue weighted by Gasteiger charge is -2.28. The molecule has 29 heavy (non-hydrogen) atoms. The van der Waals surface area contributed by atoms with Gasteiger partial charge in [0.05, 0.1) is 18.1 Å². The van der Waals surface area contributed by atoms with Crippen molar-refractivity contribution in [2.24, 2.45) is 0 Å². The van der Waals surface area contributed by atoms with E-state index in [-0.39, 0.29) is 30.0 Å². The average Bonchev–Trinajstić information content (AvgIpc) is 3.33. The van der Waals surface area contributed by atoms with E-state index in [1.165, 1.54) is 6.42 Å². The van der Waals surface area contributed by atoms with E-state index in [0.29, 0.717) is 17.7 Å². The quantitative estimate of drug-likeness (QED) is 0.649. The second kappa shape index (κ2) is 8.52. The zero-order chi connectivity index (χ0) is 20.4. The Bertz CT molecular complexity index is 965. The summed E-state index contributed by atoms with van der Waals surface area (Å²) in [6.45, 7) is 2.23. The van der Waals surface area contributed by atoms with Crippen LogP contribution in [-0.4, -0.2) is 49.9 Å². The van der Waals surface area contributed by atoms with E-state index >= 15 is 0 Å². The Labute approximate surface area is 179 Å². The van der Waals surface area contributed by atoms with Crippen molar-refractivity contribution in [1.29, 1.82) is 0 Å². The van der Waals surface area contributed by atoms with Crippen molar-refractivity contribution in [3.05, 3.63) is 52.2 Å². The molecule has 0 radical (unpaired) electrons. The highest BCUT2D eigenvalue weighted by molar-refractivity contribution is 9.10. The summed E-state index contributed by atoms with van der Waals surface area (Å²) in [7, 11) is -3.11. The SMILES string of the molecule is O=C(c1ccc(Br)cc1)N(Cc1ccc(N2CCCCC2)o1)C1CCS(=O)(=O)C1. The molecule has 1 atom stereocenters. The molecule has 6 nitrogen and oxygen atoms in total. The number of amides is 1. The number of rotatable bonds is 5. The first kappa shape index (κ1) is 20.5. The number of carbonyl (C=O) groups is 1. The zero-order valence-corrected chi connectivity index (χ0v) is 18.6. The van der Waals surface area contributed by atoms with Crippen LogP contribution in [0.1, 0.15) is 41.8 Å². The summed E-state index contributed by atoms with van der Waals surface area (Å²) < 4.78 is 31.0. The van der Waals surface area contributed by atoms with Crippen LogP contribution in [0.3, 0.4) is 0 Å². The van der Waals surface area contributed by atoms with Crippen molar-refractivity contribution in [2.75, 3.05) is 29.5 Å². The maximum atomic E-state index is 13.2. The van der Waals surface area contributed by atoms with E-state index in [2.05, 4.69) is 20.8 Å². The molecule has 2 saturated heterocycles. The Kier molecular flexibility index (Phi) is 6.01. The van der Waals surface area contributed by atoms with Crippen LogP contribution in [0.15, 0.2) is 45.3 Å². The summed E-state index contributed by atoms with van der Waals surface area (Å²) in [5, 5.41) is 0. The minimum Gasteiger partial charge on any atom is -0.444 e. The van der Waals surface area contributed by atoms with Crippen molar-refractivity contribution in [2.45, 2.75) is 38.3 Å². The molecule has 0 N–H and O–H groups in total. The maximum Gasteiger partial charge on any atom is 0.254 e. The van der Waals surface area contributed by atoms with Gasteiger partial charge in [0.1, 0.15) is 5.76 Å². The smallest absolute Gasteiger partial charge is 0.254 e. The lowest BCUT2D eigenvalue weighted by atomic mass is 10.1. The lowest BCUT2D eigenvalue weighted by molar-refractivity contribution is 0.0666. The van der Waals surface area contributed by atoms with Gasteiger partial charge in [0.2, 0.25) is 0 Å². The monoisotopic (exact) mass is 480 g/mol. The molecule has 2 aliphatic heterocycles. The van der Waals surface area contributed by atoms with Gasteiger partial charge in [0, 0.05) is 35.2 Å². The van der Waals surface area contributed by atoms with Gasteiger partial charge in [0.15, 0.2) is 15.7 Å². The van der Waals surface area contributed by atoms with Gasteiger partial charge >= 0.3 is 0 Å². The number of halogens is 1. The molecule has 0 spiro atoms. The van der Waals surface area contributed by atoms with Crippen molar-refractivity contribution >= 4 is 37.6 Å². The van der Waals surface area contributed by atoms with Gasteiger partial charge in [-0.2, -0.15) is 0 Å². The van der Waals surface area contributed by atoms with E-state index in [1.54, 1.807) is 17.0 Å². The van der Waals surface area contributed by atoms with Crippen molar-refractivity contribution in [3.8, 4) is 0 Å². The van der Waals surface area contributed by atoms with Crippen LogP contribution in [-0.2, 0) is 16.4 Å². The van der Waals surface area contributed by atoms with Crippen LogP contribution < -0.4 is 4.90 Å². The Hall–Kier alpha value is -1.80. The molecule has 2 fully saturated rings. The van der Waals surface area contributed by atoms with Crippen LogP contribution in [0.4, 0.5) is 5.88 Å². The zero-order valence-electron chi connectivity index (χ0n) is 16.2. The van der Waals surface area contributed by atoms with Crippen LogP contribution in [0.5, 0.6) is 0 Å². The summed E-state index contributed by atoms with van der Waals surface area (Å²) >= 11 is 3.38. The van der Waals surface area contributed by atoms with Crippen molar-refractivity contribution < 1.29 is 17.6 Å². The third kappa shape index (κ3) is 4.86. The first-order valence-electron chi connectivity index (χ1n) is 10.0. The number of hydrogen-bond donors (Lipinski definition) is 0. The molecule has 3 heterocycles. The normalized spacial score (nSPS) is 21.3. The van der Waals surface area contributed by atoms with Crippen LogP contribution in [0.2, 0.25) is 0 Å². The number of nitrogens with zero attached hydrogens (tertiary/aromatic N) is 2. The maximum absolute atomic E-state index is 13.2. The molecule has 1 aromatic heterocycles. The predicted molar refractivity (Wildman–Crippen MR) is 116 cm³/mol. The standard InChI is InChI=1S/C21H25BrN2O4S/c22-17-6-4-16(5-7-17)21(25)24(18-10-13-29(26,27)15-18)14-19-8-9-20(28-19)23-11-2-1-3-12-23/h4-9,18H,1-3,10-15H2. The third-order valence-corrected chi connectivity index (χ3v) is 7.92. The number of piperidine rings is 1. The molecule has 0 bridgehead atoms. The number of anilines is 1. The Morgan fingerprint density at radius 1 is 1.10 bits per heavy atom. The van der Waals surface area contributed by atoms with E-state index in [4.69, 9.17) is 4.42 Å². The topological polar surface area (TPSA) is 70.8 Å². The minimum atomic E-state index is -3.11. The Morgan fingerprint density at radius 3 is 2.48 bits per heavy atom. The second-order valence-electron chi connectivity index (χ2n) is 7.78. The van der Waals surface area contributed by atoms with Gasteiger partial charge < -0.3 is 14.2 Å². The van der Waals surface area contributed by atoms with Crippen molar-refractivity contribution in [3.63, 3.8) is 0 Å². The van der Waals surface area contributed by atoms with E-state index in [0.717, 1.165) is 36.3 Å². The average molecular weight is 481 g/mol. The van der Waals surface area contributed by atoms with Crippen molar-refractivity contribution in [1.82, 2.24) is 4.90 Å². The van der Waals surface area contributed by atoms with Gasteiger partial charge in [-0.25, -0.2) is 8.42 Å². The number of benzene rings is 1. The first-order chi connectivity index (χ1) is 13.9. The van der Waals surface area contributed by atoms with Gasteiger partial charge in [0.25, 0.3) is 5.91 Å². The fraction of sp³-hybridized carbons (Fsp3) is 0.476. The summed E-state index contributed by atoms with van der Waals surface area (Å²) in [4.78, 5) is 17.1. The van der Waals surface area contributed by atoms with Gasteiger partial charge in [-0.15, -0.1) is 0 Å². The van der Waals surface area contributed by atoms with Crippen LogP contribution in [0.25, 0.3) is 0 Å². The summed E-state index contributed by atoms with van der Waals surface area (Å²) in [5.41, 5.74) is 0.542. The molecular weight excluding hydrogens is 456 g/mol. The number of hydrogen-bond acceptors (Lipinski definition) is 5. The lowest BCUT2D eigenvalue weighted by Crippen LogP contribution is -2.40. The number of sulfone groups is 1. The minimum absolute atomic E-state index is 0.00889. The second-order valence-corrected chi connectivity index (χ2v) is 10.9. The Morgan fingerprint density at radius 2 is 1.83 bits per heavy atom. The predicted octanol–water partition coefficient (Wildman–Crippen LogP) is 3.86. The van der Waals surface area contributed by atoms with Crippen LogP contribution in [0, 0.1) is 0 Å². The molecule has 1 unspecified atom stereocenters. The largest absolute Gasteiger partial charge is 0.444 e. The molecule has 4 rings (SSSR count). The highest BCUT2D eigenvalue weighted by Crippen LogP contribution is 2.27. The van der Waals surface area contributed by atoms with Gasteiger partial charge in [-0.3, -0.25) is 4.79 Å². The van der Waals surface area contributed by atoms with E-state index in [1.807, 2.05) is 24.3 Å². The molecule has 156 valence electrons. The third-order valence-electron chi connectivity index (χ3n) is 5.64. The number of carbonyl (C=O) groups excluding carboxylic acids is 1. The van der Waals surface area contributed by atoms with Gasteiger partial charge in [-0.1, -0.05) is 15.9 Å². The highest BCUT2D eigenvalue weighted by atomic mass is 79.9.